The summed E-state index contributed by atoms with van der Waals surface area (Å²) in [7, 11) is 2.10. The molecule has 240 valence electrons. The molecule has 0 aromatic heterocycles. The first-order valence-corrected chi connectivity index (χ1v) is 15.7. The minimum absolute atomic E-state index is 0.0964. The fourth-order valence-corrected chi connectivity index (χ4v) is 4.90. The van der Waals surface area contributed by atoms with Crippen molar-refractivity contribution in [2.24, 2.45) is 5.41 Å². The first-order chi connectivity index (χ1) is 20.9. The Hall–Kier alpha value is -3.58. The number of rotatable bonds is 6. The summed E-state index contributed by atoms with van der Waals surface area (Å²) in [6, 6.07) is 18.3. The molecule has 6 nitrogen and oxygen atoms in total. The Morgan fingerprint density at radius 3 is 2.23 bits per heavy atom. The van der Waals surface area contributed by atoms with E-state index in [2.05, 4.69) is 51.8 Å². The van der Waals surface area contributed by atoms with Crippen molar-refractivity contribution in [2.75, 3.05) is 33.4 Å². The monoisotopic (exact) mass is 607 g/mol. The Morgan fingerprint density at radius 2 is 1.59 bits per heavy atom. The number of esters is 1. The number of fused-ring (bicyclic) bond motifs is 5. The molecule has 44 heavy (non-hydrogen) atoms. The van der Waals surface area contributed by atoms with Crippen molar-refractivity contribution in [3.8, 4) is 23.0 Å². The van der Waals surface area contributed by atoms with E-state index < -0.39 is 5.41 Å². The zero-order valence-corrected chi connectivity index (χ0v) is 27.9. The SMILES string of the molecule is CC1Oc2cc(F)ccc2C2COc3cc(OC(=O)C(C)(C)C)ccc3C12.CCC.CCN(C)CCOc1ccc(C)cc1. The van der Waals surface area contributed by atoms with Crippen LogP contribution in [-0.4, -0.2) is 50.3 Å². The first-order valence-electron chi connectivity index (χ1n) is 15.7. The fraction of sp³-hybridized carbons (Fsp3) is 0.486. The van der Waals surface area contributed by atoms with E-state index >= 15 is 0 Å². The van der Waals surface area contributed by atoms with Gasteiger partial charge in [0.05, 0.1) is 12.0 Å². The second-order valence-electron chi connectivity index (χ2n) is 12.6. The molecule has 0 N–H and O–H groups in total. The van der Waals surface area contributed by atoms with Crippen LogP contribution in [-0.2, 0) is 4.79 Å². The molecule has 0 radical (unpaired) electrons. The molecule has 0 amide bonds. The molecule has 3 unspecified atom stereocenters. The van der Waals surface area contributed by atoms with Crippen molar-refractivity contribution in [1.29, 1.82) is 0 Å². The maximum absolute atomic E-state index is 13.6. The molecule has 7 heteroatoms. The zero-order chi connectivity index (χ0) is 32.4. The highest BCUT2D eigenvalue weighted by Gasteiger charge is 2.42. The van der Waals surface area contributed by atoms with Crippen LogP contribution in [0.15, 0.2) is 60.7 Å². The maximum atomic E-state index is 13.6. The van der Waals surface area contributed by atoms with E-state index in [4.69, 9.17) is 18.9 Å². The summed E-state index contributed by atoms with van der Waals surface area (Å²) in [4.78, 5) is 14.4. The normalized spacial score (nSPS) is 18.0. The van der Waals surface area contributed by atoms with Crippen LogP contribution in [0.2, 0.25) is 0 Å². The number of halogens is 1. The van der Waals surface area contributed by atoms with Gasteiger partial charge in [-0.15, -0.1) is 0 Å². The molecule has 2 aliphatic heterocycles. The molecule has 2 heterocycles. The summed E-state index contributed by atoms with van der Waals surface area (Å²) in [5.41, 5.74) is 2.67. The third kappa shape index (κ3) is 9.46. The molecule has 3 atom stereocenters. The van der Waals surface area contributed by atoms with Gasteiger partial charge in [-0.2, -0.15) is 0 Å². The summed E-state index contributed by atoms with van der Waals surface area (Å²) in [6.45, 7) is 19.2. The summed E-state index contributed by atoms with van der Waals surface area (Å²) < 4.78 is 36.6. The topological polar surface area (TPSA) is 57.2 Å². The number of likely N-dealkylation sites (N-methyl/N-ethyl adjacent to an activating group) is 1. The lowest BCUT2D eigenvalue weighted by molar-refractivity contribution is -0.143. The molecular formula is C37H50FNO5. The van der Waals surface area contributed by atoms with Gasteiger partial charge < -0.3 is 23.8 Å². The summed E-state index contributed by atoms with van der Waals surface area (Å²) in [6.07, 6.45) is 1.13. The summed E-state index contributed by atoms with van der Waals surface area (Å²) in [5, 5.41) is 0. The second-order valence-corrected chi connectivity index (χ2v) is 12.6. The molecule has 3 aromatic rings. The van der Waals surface area contributed by atoms with Gasteiger partial charge in [0.15, 0.2) is 0 Å². The summed E-state index contributed by atoms with van der Waals surface area (Å²) >= 11 is 0. The molecular weight excluding hydrogens is 557 g/mol. The summed E-state index contributed by atoms with van der Waals surface area (Å²) in [5.74, 6) is 2.32. The van der Waals surface area contributed by atoms with Crippen molar-refractivity contribution >= 4 is 5.97 Å². The van der Waals surface area contributed by atoms with Gasteiger partial charge in [0.25, 0.3) is 0 Å². The van der Waals surface area contributed by atoms with Crippen LogP contribution in [0.3, 0.4) is 0 Å². The average molecular weight is 608 g/mol. The van der Waals surface area contributed by atoms with Crippen molar-refractivity contribution in [3.05, 3.63) is 83.2 Å². The van der Waals surface area contributed by atoms with Crippen LogP contribution in [0.4, 0.5) is 4.39 Å². The van der Waals surface area contributed by atoms with Crippen molar-refractivity contribution in [3.63, 3.8) is 0 Å². The van der Waals surface area contributed by atoms with Crippen LogP contribution in [0.1, 0.15) is 83.4 Å². The molecule has 0 saturated heterocycles. The number of aryl methyl sites for hydroxylation is 1. The molecule has 2 aliphatic rings. The molecule has 0 aliphatic carbocycles. The number of carbonyl (C=O) groups excluding carboxylic acids is 1. The van der Waals surface area contributed by atoms with Crippen LogP contribution >= 0.6 is 0 Å². The Balaban J connectivity index is 0.000000262. The molecule has 0 spiro atoms. The fourth-order valence-electron chi connectivity index (χ4n) is 4.90. The third-order valence-electron chi connectivity index (χ3n) is 7.52. The molecule has 0 fully saturated rings. The molecule has 0 saturated carbocycles. The number of ether oxygens (including phenoxy) is 4. The van der Waals surface area contributed by atoms with Crippen molar-refractivity contribution in [2.45, 2.75) is 79.8 Å². The largest absolute Gasteiger partial charge is 0.492 e. The van der Waals surface area contributed by atoms with Crippen LogP contribution in [0.25, 0.3) is 0 Å². The number of nitrogens with zero attached hydrogens (tertiary/aromatic N) is 1. The van der Waals surface area contributed by atoms with Crippen LogP contribution in [0.5, 0.6) is 23.0 Å². The number of hydrogen-bond acceptors (Lipinski definition) is 6. The Morgan fingerprint density at radius 1 is 0.955 bits per heavy atom. The predicted molar refractivity (Wildman–Crippen MR) is 175 cm³/mol. The van der Waals surface area contributed by atoms with Gasteiger partial charge >= 0.3 is 5.97 Å². The highest BCUT2D eigenvalue weighted by Crippen LogP contribution is 2.51. The van der Waals surface area contributed by atoms with Gasteiger partial charge in [0, 0.05) is 41.6 Å². The van der Waals surface area contributed by atoms with Gasteiger partial charge in [-0.1, -0.05) is 57.0 Å². The van der Waals surface area contributed by atoms with E-state index in [9.17, 15) is 9.18 Å². The molecule has 0 bridgehead atoms. The van der Waals surface area contributed by atoms with Gasteiger partial charge in [-0.25, -0.2) is 4.39 Å². The minimum atomic E-state index is -0.577. The highest BCUT2D eigenvalue weighted by atomic mass is 19.1. The number of carbonyl (C=O) groups is 1. The maximum Gasteiger partial charge on any atom is 0.316 e. The quantitative estimate of drug-likeness (QED) is 0.207. The van der Waals surface area contributed by atoms with E-state index in [0.29, 0.717) is 23.9 Å². The smallest absolute Gasteiger partial charge is 0.316 e. The zero-order valence-electron chi connectivity index (χ0n) is 27.9. The van der Waals surface area contributed by atoms with Crippen LogP contribution in [0, 0.1) is 18.2 Å². The van der Waals surface area contributed by atoms with E-state index in [1.165, 1.54) is 24.1 Å². The highest BCUT2D eigenvalue weighted by molar-refractivity contribution is 5.78. The minimum Gasteiger partial charge on any atom is -0.492 e. The number of hydrogen-bond donors (Lipinski definition) is 0. The van der Waals surface area contributed by atoms with Crippen molar-refractivity contribution < 1.29 is 28.1 Å². The molecule has 5 rings (SSSR count). The standard InChI is InChI=1S/C22H23FO4.C12H19NO.C3H8/c1-12-20-16-8-6-14(27-21(24)22(2,3)4)10-18(16)25-11-17(20)15-7-5-13(23)9-19(15)26-12;1-4-13(3)9-10-14-12-7-5-11(2)6-8-12;1-3-2/h5-10,12,17,20H,11H2,1-4H3;5-8H,4,9-10H2,1-3H3;3H2,1-2H3. The van der Waals surface area contributed by atoms with Gasteiger partial charge in [-0.05, 0) is 72.5 Å². The Kier molecular flexibility index (Phi) is 12.6. The van der Waals surface area contributed by atoms with Crippen LogP contribution < -0.4 is 18.9 Å². The lowest BCUT2D eigenvalue weighted by Gasteiger charge is -2.42. The van der Waals surface area contributed by atoms with E-state index in [0.717, 1.165) is 36.6 Å². The second kappa shape index (κ2) is 15.9. The Labute approximate surface area is 263 Å². The van der Waals surface area contributed by atoms with Crippen molar-refractivity contribution in [1.82, 2.24) is 4.90 Å². The van der Waals surface area contributed by atoms with Gasteiger partial charge in [0.1, 0.15) is 41.5 Å². The number of benzene rings is 3. The lowest BCUT2D eigenvalue weighted by atomic mass is 9.75. The predicted octanol–water partition coefficient (Wildman–Crippen LogP) is 8.56. The average Bonchev–Trinajstić information content (AvgIpc) is 2.97. The molecule has 3 aromatic carbocycles. The Bertz CT molecular complexity index is 1350. The third-order valence-corrected chi connectivity index (χ3v) is 7.52. The van der Waals surface area contributed by atoms with Gasteiger partial charge in [0.2, 0.25) is 0 Å². The van der Waals surface area contributed by atoms with E-state index in [1.807, 2.05) is 45.9 Å². The lowest BCUT2D eigenvalue weighted by Crippen LogP contribution is -2.37. The van der Waals surface area contributed by atoms with E-state index in [1.54, 1.807) is 18.2 Å². The van der Waals surface area contributed by atoms with E-state index in [-0.39, 0.29) is 29.7 Å². The first kappa shape index (κ1) is 34.9. The van der Waals surface area contributed by atoms with Gasteiger partial charge in [-0.3, -0.25) is 4.79 Å².